The van der Waals surface area contributed by atoms with Gasteiger partial charge in [-0.05, 0) is 47.3 Å². The van der Waals surface area contributed by atoms with Crippen LogP contribution in [0, 0.1) is 5.82 Å². The van der Waals surface area contributed by atoms with Crippen LogP contribution in [-0.2, 0) is 0 Å². The van der Waals surface area contributed by atoms with Crippen molar-refractivity contribution in [3.05, 3.63) is 69.8 Å². The third kappa shape index (κ3) is 3.74. The average molecular weight is 442 g/mol. The summed E-state index contributed by atoms with van der Waals surface area (Å²) in [6.45, 7) is 0. The van der Waals surface area contributed by atoms with E-state index in [0.29, 0.717) is 17.3 Å². The van der Waals surface area contributed by atoms with Gasteiger partial charge in [-0.15, -0.1) is 11.3 Å². The molecule has 0 aliphatic heterocycles. The van der Waals surface area contributed by atoms with Gasteiger partial charge in [0, 0.05) is 23.3 Å². The molecule has 4 aromatic rings. The Morgan fingerprint density at radius 3 is 2.81 bits per heavy atom. The Kier molecular flexibility index (Phi) is 4.96. The first-order valence-corrected chi connectivity index (χ1v) is 9.72. The fourth-order valence-corrected chi connectivity index (χ4v) is 3.75. The number of hydrogen-bond donors (Lipinski definition) is 0. The highest BCUT2D eigenvalue weighted by atomic mass is 79.9. The zero-order valence-electron chi connectivity index (χ0n) is 14.2. The average Bonchev–Trinajstić information content (AvgIpc) is 3.13. The molecule has 2 aromatic heterocycles. The Balaban J connectivity index is 1.78. The fraction of sp³-hybridized carbons (Fsp3) is 0.0500. The topological polar surface area (TPSA) is 47.4 Å². The van der Waals surface area contributed by atoms with E-state index < -0.39 is 5.82 Å². The first-order valence-electron chi connectivity index (χ1n) is 8.05. The predicted octanol–water partition coefficient (Wildman–Crippen LogP) is 6.10. The van der Waals surface area contributed by atoms with Gasteiger partial charge in [-0.3, -0.25) is 4.99 Å². The second-order valence-electron chi connectivity index (χ2n) is 5.68. The standard InChI is InChI=1S/C20H13BrFN3OS/c1-23-11-12-5-6-17(15(22)9-12)26-20-18-16(7-8-27-18)24-19(25-20)13-3-2-4-14(21)10-13/h2-11H,1H3. The minimum Gasteiger partial charge on any atom is -0.434 e. The highest BCUT2D eigenvalue weighted by Gasteiger charge is 2.15. The van der Waals surface area contributed by atoms with Gasteiger partial charge in [0.2, 0.25) is 5.88 Å². The molecule has 0 radical (unpaired) electrons. The molecule has 27 heavy (non-hydrogen) atoms. The summed E-state index contributed by atoms with van der Waals surface area (Å²) in [6.07, 6.45) is 1.58. The van der Waals surface area contributed by atoms with Gasteiger partial charge in [-0.2, -0.15) is 4.98 Å². The Hall–Kier alpha value is -2.64. The summed E-state index contributed by atoms with van der Waals surface area (Å²) in [5.74, 6) is 0.490. The number of fused-ring (bicyclic) bond motifs is 1. The molecule has 0 unspecified atom stereocenters. The van der Waals surface area contributed by atoms with E-state index in [1.807, 2.05) is 35.7 Å². The smallest absolute Gasteiger partial charge is 0.241 e. The number of rotatable bonds is 4. The molecule has 0 saturated carbocycles. The lowest BCUT2D eigenvalue weighted by Gasteiger charge is -2.09. The molecule has 0 N–H and O–H groups in total. The summed E-state index contributed by atoms with van der Waals surface area (Å²) < 4.78 is 22.0. The monoisotopic (exact) mass is 441 g/mol. The van der Waals surface area contributed by atoms with Crippen molar-refractivity contribution < 1.29 is 9.13 Å². The molecule has 4 nitrogen and oxygen atoms in total. The number of halogens is 2. The summed E-state index contributed by atoms with van der Waals surface area (Å²) >= 11 is 4.91. The van der Waals surface area contributed by atoms with Gasteiger partial charge >= 0.3 is 0 Å². The van der Waals surface area contributed by atoms with Crippen molar-refractivity contribution in [3.63, 3.8) is 0 Å². The maximum atomic E-state index is 14.4. The molecule has 0 fully saturated rings. The van der Waals surface area contributed by atoms with Gasteiger partial charge in [0.1, 0.15) is 4.70 Å². The maximum absolute atomic E-state index is 14.4. The van der Waals surface area contributed by atoms with E-state index in [9.17, 15) is 4.39 Å². The minimum absolute atomic E-state index is 0.108. The Bertz CT molecular complexity index is 1160. The lowest BCUT2D eigenvalue weighted by molar-refractivity contribution is 0.433. The van der Waals surface area contributed by atoms with Crippen LogP contribution in [0.4, 0.5) is 4.39 Å². The summed E-state index contributed by atoms with van der Waals surface area (Å²) in [5.41, 5.74) is 2.27. The normalized spacial score (nSPS) is 11.4. The molecular weight excluding hydrogens is 429 g/mol. The van der Waals surface area contributed by atoms with Crippen LogP contribution in [0.3, 0.4) is 0 Å². The zero-order valence-corrected chi connectivity index (χ0v) is 16.6. The largest absolute Gasteiger partial charge is 0.434 e. The highest BCUT2D eigenvalue weighted by molar-refractivity contribution is 9.10. The first kappa shape index (κ1) is 17.8. The molecule has 0 atom stereocenters. The Labute approximate surface area is 167 Å². The quantitative estimate of drug-likeness (QED) is 0.359. The lowest BCUT2D eigenvalue weighted by atomic mass is 10.2. The van der Waals surface area contributed by atoms with E-state index in [0.717, 1.165) is 20.3 Å². The predicted molar refractivity (Wildman–Crippen MR) is 111 cm³/mol. The van der Waals surface area contributed by atoms with Gasteiger partial charge in [0.25, 0.3) is 0 Å². The number of nitrogens with zero attached hydrogens (tertiary/aromatic N) is 3. The number of thiophene rings is 1. The highest BCUT2D eigenvalue weighted by Crippen LogP contribution is 2.34. The van der Waals surface area contributed by atoms with Crippen molar-refractivity contribution in [3.8, 4) is 23.0 Å². The minimum atomic E-state index is -0.472. The molecule has 0 aliphatic carbocycles. The van der Waals surface area contributed by atoms with Crippen LogP contribution in [-0.4, -0.2) is 23.2 Å². The molecule has 0 amide bonds. The molecule has 0 bridgehead atoms. The van der Waals surface area contributed by atoms with Crippen LogP contribution in [0.25, 0.3) is 21.6 Å². The van der Waals surface area contributed by atoms with Crippen molar-refractivity contribution in [2.45, 2.75) is 0 Å². The second kappa shape index (κ2) is 7.54. The van der Waals surface area contributed by atoms with Crippen molar-refractivity contribution in [2.24, 2.45) is 4.99 Å². The van der Waals surface area contributed by atoms with Crippen LogP contribution in [0.1, 0.15) is 5.56 Å². The van der Waals surface area contributed by atoms with Crippen molar-refractivity contribution >= 4 is 43.7 Å². The summed E-state index contributed by atoms with van der Waals surface area (Å²) in [7, 11) is 1.64. The van der Waals surface area contributed by atoms with Crippen LogP contribution in [0.5, 0.6) is 11.6 Å². The Morgan fingerprint density at radius 2 is 2.04 bits per heavy atom. The fourth-order valence-electron chi connectivity index (χ4n) is 2.60. The summed E-state index contributed by atoms with van der Waals surface area (Å²) in [4.78, 5) is 13.0. The number of aromatic nitrogens is 2. The first-order chi connectivity index (χ1) is 13.1. The third-order valence-corrected chi connectivity index (χ3v) is 5.18. The van der Waals surface area contributed by atoms with E-state index in [-0.39, 0.29) is 5.75 Å². The van der Waals surface area contributed by atoms with Crippen LogP contribution < -0.4 is 4.74 Å². The summed E-state index contributed by atoms with van der Waals surface area (Å²) in [5, 5.41) is 1.91. The molecule has 4 rings (SSSR count). The van der Waals surface area contributed by atoms with Crippen LogP contribution in [0.15, 0.2) is 63.4 Å². The van der Waals surface area contributed by atoms with Crippen molar-refractivity contribution in [1.82, 2.24) is 9.97 Å². The van der Waals surface area contributed by atoms with Gasteiger partial charge in [0.15, 0.2) is 17.4 Å². The molecule has 7 heteroatoms. The van der Waals surface area contributed by atoms with E-state index >= 15 is 0 Å². The van der Waals surface area contributed by atoms with E-state index in [2.05, 4.69) is 30.9 Å². The van der Waals surface area contributed by atoms with Crippen LogP contribution in [0.2, 0.25) is 0 Å². The second-order valence-corrected chi connectivity index (χ2v) is 7.51. The van der Waals surface area contributed by atoms with Gasteiger partial charge in [0.05, 0.1) is 5.52 Å². The van der Waals surface area contributed by atoms with E-state index in [1.165, 1.54) is 17.4 Å². The number of aliphatic imine (C=N–C) groups is 1. The van der Waals surface area contributed by atoms with E-state index in [1.54, 1.807) is 25.4 Å². The molecule has 2 aromatic carbocycles. The van der Waals surface area contributed by atoms with Gasteiger partial charge < -0.3 is 4.74 Å². The molecule has 134 valence electrons. The maximum Gasteiger partial charge on any atom is 0.241 e. The van der Waals surface area contributed by atoms with Gasteiger partial charge in [-0.25, -0.2) is 9.37 Å². The molecule has 0 saturated heterocycles. The molecule has 0 aliphatic rings. The molecule has 0 spiro atoms. The zero-order chi connectivity index (χ0) is 18.8. The third-order valence-electron chi connectivity index (χ3n) is 3.80. The number of benzene rings is 2. The van der Waals surface area contributed by atoms with Gasteiger partial charge in [-0.1, -0.05) is 28.1 Å². The molecular formula is C20H13BrFN3OS. The Morgan fingerprint density at radius 1 is 1.15 bits per heavy atom. The SMILES string of the molecule is CN=Cc1ccc(Oc2nc(-c3cccc(Br)c3)nc3ccsc23)c(F)c1. The van der Waals surface area contributed by atoms with Crippen molar-refractivity contribution in [1.29, 1.82) is 0 Å². The summed E-state index contributed by atoms with van der Waals surface area (Å²) in [6, 6.07) is 14.3. The molecule has 2 heterocycles. The van der Waals surface area contributed by atoms with Crippen LogP contribution >= 0.6 is 27.3 Å². The number of ether oxygens (including phenoxy) is 1. The lowest BCUT2D eigenvalue weighted by Crippen LogP contribution is -1.96. The van der Waals surface area contributed by atoms with E-state index in [4.69, 9.17) is 4.74 Å². The van der Waals surface area contributed by atoms with Crippen molar-refractivity contribution in [2.75, 3.05) is 7.05 Å². The number of hydrogen-bond acceptors (Lipinski definition) is 5.